The predicted molar refractivity (Wildman–Crippen MR) is 43.4 cm³/mol. The highest BCUT2D eigenvalue weighted by Gasteiger charge is 2.25. The maximum Gasteiger partial charge on any atom is 0.224 e. The van der Waals surface area contributed by atoms with Gasteiger partial charge in [-0.25, -0.2) is 0 Å². The van der Waals surface area contributed by atoms with E-state index >= 15 is 0 Å². The van der Waals surface area contributed by atoms with Gasteiger partial charge in [0.1, 0.15) is 5.60 Å². The first kappa shape index (κ1) is 8.84. The molecule has 0 unspecified atom stereocenters. The number of rotatable bonds is 2. The molecule has 0 saturated heterocycles. The largest absolute Gasteiger partial charge is 0.381 e. The summed E-state index contributed by atoms with van der Waals surface area (Å²) in [5, 5.41) is 9.29. The molecular weight excluding hydrogens is 287 g/mol. The van der Waals surface area contributed by atoms with Crippen LogP contribution in [0.1, 0.15) is 6.92 Å². The fourth-order valence-electron chi connectivity index (χ4n) is 0.0525. The second kappa shape index (κ2) is 3.12. The maximum absolute atomic E-state index is 10.4. The Hall–Kier alpha value is 0.840. The van der Waals surface area contributed by atoms with Gasteiger partial charge >= 0.3 is 0 Å². The van der Waals surface area contributed by atoms with Crippen molar-refractivity contribution < 1.29 is 9.90 Å². The van der Waals surface area contributed by atoms with E-state index in [-0.39, 0.29) is 3.79 Å². The molecule has 1 atom stereocenters. The summed E-state index contributed by atoms with van der Waals surface area (Å²) in [4.78, 5) is 10.4. The molecular formula is C4H6BrIO2. The molecule has 2 nitrogen and oxygen atoms in total. The highest BCUT2D eigenvalue weighted by atomic mass is 127. The number of carbonyl (C=O) groups is 1. The molecule has 0 aliphatic rings. The zero-order valence-corrected chi connectivity index (χ0v) is 8.06. The van der Waals surface area contributed by atoms with Gasteiger partial charge in [0.25, 0.3) is 0 Å². The van der Waals surface area contributed by atoms with Crippen molar-refractivity contribution in [2.45, 2.75) is 12.5 Å². The Morgan fingerprint density at radius 1 is 2.00 bits per heavy atom. The van der Waals surface area contributed by atoms with E-state index < -0.39 is 5.60 Å². The number of carbonyl (C=O) groups excluding carboxylic acids is 1. The highest BCUT2D eigenvalue weighted by Crippen LogP contribution is 2.12. The lowest BCUT2D eigenvalue weighted by molar-refractivity contribution is -0.122. The van der Waals surface area contributed by atoms with Crippen molar-refractivity contribution in [3.63, 3.8) is 0 Å². The van der Waals surface area contributed by atoms with Crippen LogP contribution in [0.3, 0.4) is 0 Å². The Bertz CT molecular complexity index is 102. The van der Waals surface area contributed by atoms with Gasteiger partial charge in [-0.1, -0.05) is 15.9 Å². The SMILES string of the molecule is C[C@](O)(CBr)C(=O)I. The zero-order chi connectivity index (χ0) is 6.78. The van der Waals surface area contributed by atoms with Crippen LogP contribution in [0, 0.1) is 0 Å². The lowest BCUT2D eigenvalue weighted by Crippen LogP contribution is -2.32. The van der Waals surface area contributed by atoms with Crippen LogP contribution in [0.25, 0.3) is 0 Å². The van der Waals surface area contributed by atoms with Gasteiger partial charge in [-0.15, -0.1) is 0 Å². The summed E-state index contributed by atoms with van der Waals surface area (Å²) in [5.41, 5.74) is -1.19. The molecule has 48 valence electrons. The minimum Gasteiger partial charge on any atom is -0.381 e. The molecule has 0 spiro atoms. The van der Waals surface area contributed by atoms with Gasteiger partial charge in [-0.05, 0) is 6.92 Å². The van der Waals surface area contributed by atoms with Crippen molar-refractivity contribution in [3.05, 3.63) is 0 Å². The fourth-order valence-corrected chi connectivity index (χ4v) is 1.02. The number of hydrogen-bond donors (Lipinski definition) is 1. The van der Waals surface area contributed by atoms with E-state index in [2.05, 4.69) is 15.9 Å². The molecule has 0 radical (unpaired) electrons. The molecule has 0 saturated carbocycles. The Kier molecular flexibility index (Phi) is 3.45. The highest BCUT2D eigenvalue weighted by molar-refractivity contribution is 14.1. The summed E-state index contributed by atoms with van der Waals surface area (Å²) in [7, 11) is 0. The van der Waals surface area contributed by atoms with Gasteiger partial charge in [0.2, 0.25) is 3.79 Å². The summed E-state index contributed by atoms with van der Waals surface area (Å²) in [6.07, 6.45) is 0. The average molecular weight is 293 g/mol. The van der Waals surface area contributed by atoms with E-state index in [1.54, 1.807) is 22.6 Å². The van der Waals surface area contributed by atoms with E-state index in [4.69, 9.17) is 5.11 Å². The molecule has 0 aromatic heterocycles. The summed E-state index contributed by atoms with van der Waals surface area (Å²) < 4.78 is -0.244. The molecule has 8 heavy (non-hydrogen) atoms. The van der Waals surface area contributed by atoms with E-state index in [1.165, 1.54) is 6.92 Å². The van der Waals surface area contributed by atoms with E-state index in [0.717, 1.165) is 0 Å². The molecule has 0 aromatic rings. The Balaban J connectivity index is 3.91. The normalized spacial score (nSPS) is 17.5. The quantitative estimate of drug-likeness (QED) is 0.470. The van der Waals surface area contributed by atoms with Crippen molar-refractivity contribution in [2.75, 3.05) is 5.33 Å². The van der Waals surface area contributed by atoms with Crippen molar-refractivity contribution in [3.8, 4) is 0 Å². The van der Waals surface area contributed by atoms with Crippen molar-refractivity contribution in [2.24, 2.45) is 0 Å². The van der Waals surface area contributed by atoms with Crippen LogP contribution in [0.4, 0.5) is 0 Å². The van der Waals surface area contributed by atoms with E-state index in [0.29, 0.717) is 5.33 Å². The minimum atomic E-state index is -1.19. The molecule has 0 aliphatic heterocycles. The average Bonchev–Trinajstić information content (AvgIpc) is 1.67. The lowest BCUT2D eigenvalue weighted by Gasteiger charge is -2.13. The molecule has 0 aromatic carbocycles. The molecule has 0 fully saturated rings. The standard InChI is InChI=1S/C4H6BrIO2/c1-4(8,2-5)3(6)7/h8H,2H2,1H3/t4-/m0/s1. The van der Waals surface area contributed by atoms with Crippen LogP contribution >= 0.6 is 38.5 Å². The number of alkyl halides is 1. The van der Waals surface area contributed by atoms with Crippen LogP contribution in [-0.4, -0.2) is 19.8 Å². The third-order valence-electron chi connectivity index (χ3n) is 0.684. The summed E-state index contributed by atoms with van der Waals surface area (Å²) >= 11 is 4.56. The molecule has 0 heterocycles. The Labute approximate surface area is 69.9 Å². The van der Waals surface area contributed by atoms with E-state index in [9.17, 15) is 4.79 Å². The van der Waals surface area contributed by atoms with E-state index in [1.807, 2.05) is 0 Å². The zero-order valence-electron chi connectivity index (χ0n) is 4.32. The van der Waals surface area contributed by atoms with Crippen LogP contribution < -0.4 is 0 Å². The van der Waals surface area contributed by atoms with Gasteiger partial charge in [0, 0.05) is 27.9 Å². The van der Waals surface area contributed by atoms with Gasteiger partial charge in [-0.3, -0.25) is 4.79 Å². The number of aliphatic hydroxyl groups is 1. The smallest absolute Gasteiger partial charge is 0.224 e. The molecule has 4 heteroatoms. The maximum atomic E-state index is 10.4. The first-order chi connectivity index (χ1) is 3.50. The van der Waals surface area contributed by atoms with Gasteiger partial charge < -0.3 is 5.11 Å². The molecule has 1 N–H and O–H groups in total. The molecule has 0 aliphatic carbocycles. The van der Waals surface area contributed by atoms with Gasteiger partial charge in [0.15, 0.2) is 0 Å². The predicted octanol–water partition coefficient (Wildman–Crippen LogP) is 1.09. The van der Waals surface area contributed by atoms with Crippen LogP contribution in [0.5, 0.6) is 0 Å². The molecule has 0 amide bonds. The monoisotopic (exact) mass is 292 g/mol. The third-order valence-corrected chi connectivity index (χ3v) is 2.94. The van der Waals surface area contributed by atoms with Crippen LogP contribution in [-0.2, 0) is 4.79 Å². The Morgan fingerprint density at radius 3 is 2.38 bits per heavy atom. The molecule has 0 rings (SSSR count). The summed E-state index contributed by atoms with van der Waals surface area (Å²) in [6.45, 7) is 1.47. The van der Waals surface area contributed by atoms with Crippen molar-refractivity contribution in [1.29, 1.82) is 0 Å². The number of hydrogen-bond acceptors (Lipinski definition) is 2. The first-order valence-electron chi connectivity index (χ1n) is 1.99. The van der Waals surface area contributed by atoms with Gasteiger partial charge in [-0.2, -0.15) is 0 Å². The number of halogens is 2. The first-order valence-corrected chi connectivity index (χ1v) is 4.19. The lowest BCUT2D eigenvalue weighted by atomic mass is 10.2. The second-order valence-electron chi connectivity index (χ2n) is 1.68. The van der Waals surface area contributed by atoms with Crippen LogP contribution in [0.2, 0.25) is 0 Å². The summed E-state index contributed by atoms with van der Waals surface area (Å²) in [6, 6.07) is 0. The van der Waals surface area contributed by atoms with Gasteiger partial charge in [0.05, 0.1) is 0 Å². The third kappa shape index (κ3) is 2.41. The topological polar surface area (TPSA) is 37.3 Å². The summed E-state index contributed by atoms with van der Waals surface area (Å²) in [5.74, 6) is 0. The Morgan fingerprint density at radius 2 is 2.38 bits per heavy atom. The molecule has 0 bridgehead atoms. The van der Waals surface area contributed by atoms with Crippen molar-refractivity contribution >= 4 is 42.3 Å². The second-order valence-corrected chi connectivity index (χ2v) is 3.22. The fraction of sp³-hybridized carbons (Fsp3) is 0.750. The van der Waals surface area contributed by atoms with Crippen molar-refractivity contribution in [1.82, 2.24) is 0 Å². The van der Waals surface area contributed by atoms with Crippen LogP contribution in [0.15, 0.2) is 0 Å². The minimum absolute atomic E-state index is 0.244.